The Kier molecular flexibility index (Phi) is 4.86. The molecule has 1 aromatic heterocycles. The van der Waals surface area contributed by atoms with Gasteiger partial charge in [0.25, 0.3) is 0 Å². The van der Waals surface area contributed by atoms with Crippen LogP contribution < -0.4 is 5.73 Å². The van der Waals surface area contributed by atoms with Gasteiger partial charge in [0.05, 0.1) is 6.33 Å². The van der Waals surface area contributed by atoms with Gasteiger partial charge in [0.15, 0.2) is 0 Å². The maximum absolute atomic E-state index is 6.27. The molecule has 0 bridgehead atoms. The van der Waals surface area contributed by atoms with E-state index in [0.717, 1.165) is 18.4 Å². The Morgan fingerprint density at radius 2 is 2.16 bits per heavy atom. The average molecular weight is 298 g/mol. The van der Waals surface area contributed by atoms with Crippen LogP contribution in [0.25, 0.3) is 0 Å². The first kappa shape index (κ1) is 14.4. The van der Waals surface area contributed by atoms with Crippen molar-refractivity contribution < 1.29 is 0 Å². The maximum Gasteiger partial charge on any atom is 0.0948 e. The van der Waals surface area contributed by atoms with Crippen molar-refractivity contribution in [3.63, 3.8) is 0 Å². The largest absolute Gasteiger partial charge is 0.334 e. The molecular formula is C14H17Cl2N3. The molecule has 0 aliphatic heterocycles. The van der Waals surface area contributed by atoms with E-state index in [9.17, 15) is 0 Å². The Labute approximate surface area is 123 Å². The lowest BCUT2D eigenvalue weighted by atomic mass is 9.98. The van der Waals surface area contributed by atoms with Crippen molar-refractivity contribution in [1.82, 2.24) is 9.55 Å². The molecule has 0 aliphatic carbocycles. The van der Waals surface area contributed by atoms with Crippen molar-refractivity contribution in [2.75, 3.05) is 0 Å². The third-order valence-electron chi connectivity index (χ3n) is 3.30. The van der Waals surface area contributed by atoms with Crippen molar-refractivity contribution in [1.29, 1.82) is 0 Å². The Bertz CT molecular complexity index is 525. The molecular weight excluding hydrogens is 281 g/mol. The second kappa shape index (κ2) is 6.42. The zero-order chi connectivity index (χ0) is 13.8. The van der Waals surface area contributed by atoms with Crippen LogP contribution >= 0.6 is 23.2 Å². The molecule has 2 unspecified atom stereocenters. The van der Waals surface area contributed by atoms with E-state index in [1.165, 1.54) is 0 Å². The number of halogens is 2. The summed E-state index contributed by atoms with van der Waals surface area (Å²) in [6.45, 7) is 2.14. The van der Waals surface area contributed by atoms with Crippen molar-refractivity contribution in [3.05, 3.63) is 52.5 Å². The second-order valence-electron chi connectivity index (χ2n) is 4.58. The topological polar surface area (TPSA) is 43.8 Å². The van der Waals surface area contributed by atoms with Crippen LogP contribution in [0.1, 0.15) is 37.4 Å². The minimum Gasteiger partial charge on any atom is -0.334 e. The summed E-state index contributed by atoms with van der Waals surface area (Å²) in [5.41, 5.74) is 7.17. The highest BCUT2D eigenvalue weighted by molar-refractivity contribution is 6.33. The van der Waals surface area contributed by atoms with Crippen molar-refractivity contribution in [2.45, 2.75) is 31.8 Å². The monoisotopic (exact) mass is 297 g/mol. The van der Waals surface area contributed by atoms with E-state index < -0.39 is 0 Å². The first-order chi connectivity index (χ1) is 9.11. The Morgan fingerprint density at radius 1 is 1.37 bits per heavy atom. The number of aromatic nitrogens is 2. The molecule has 0 saturated carbocycles. The summed E-state index contributed by atoms with van der Waals surface area (Å²) in [7, 11) is 0. The number of benzene rings is 1. The van der Waals surface area contributed by atoms with E-state index in [0.29, 0.717) is 16.1 Å². The third kappa shape index (κ3) is 3.50. The van der Waals surface area contributed by atoms with E-state index in [4.69, 9.17) is 28.9 Å². The number of imidazole rings is 1. The summed E-state index contributed by atoms with van der Waals surface area (Å²) in [4.78, 5) is 4.08. The van der Waals surface area contributed by atoms with Gasteiger partial charge in [-0.05, 0) is 36.6 Å². The number of nitrogens with zero attached hydrogens (tertiary/aromatic N) is 2. The Morgan fingerprint density at radius 3 is 2.79 bits per heavy atom. The van der Waals surface area contributed by atoms with E-state index >= 15 is 0 Å². The second-order valence-corrected chi connectivity index (χ2v) is 5.42. The lowest BCUT2D eigenvalue weighted by molar-refractivity contribution is 0.414. The number of hydrogen-bond donors (Lipinski definition) is 1. The Hall–Kier alpha value is -1.03. The van der Waals surface area contributed by atoms with Gasteiger partial charge in [-0.25, -0.2) is 4.98 Å². The number of nitrogens with two attached hydrogens (primary N) is 1. The van der Waals surface area contributed by atoms with Gasteiger partial charge in [-0.1, -0.05) is 30.1 Å². The van der Waals surface area contributed by atoms with Crippen molar-refractivity contribution in [2.24, 2.45) is 5.73 Å². The molecule has 0 spiro atoms. The fraction of sp³-hybridized carbons (Fsp3) is 0.357. The average Bonchev–Trinajstić information content (AvgIpc) is 2.92. The Balaban J connectivity index is 2.15. The minimum absolute atomic E-state index is 0.140. The quantitative estimate of drug-likeness (QED) is 0.897. The highest BCUT2D eigenvalue weighted by atomic mass is 35.5. The SMILES string of the molecule is CCC(CC(N)c1cc(Cl)ccc1Cl)n1ccnc1. The van der Waals surface area contributed by atoms with Crippen LogP contribution in [0.3, 0.4) is 0 Å². The van der Waals surface area contributed by atoms with Crippen LogP contribution in [-0.2, 0) is 0 Å². The summed E-state index contributed by atoms with van der Waals surface area (Å²) in [5, 5.41) is 1.32. The predicted molar refractivity (Wildman–Crippen MR) is 79.6 cm³/mol. The summed E-state index contributed by atoms with van der Waals surface area (Å²) in [5.74, 6) is 0. The lowest BCUT2D eigenvalue weighted by Gasteiger charge is -2.22. The van der Waals surface area contributed by atoms with Gasteiger partial charge >= 0.3 is 0 Å². The highest BCUT2D eigenvalue weighted by Crippen LogP contribution is 2.30. The minimum atomic E-state index is -0.140. The standard InChI is InChI=1S/C14H17Cl2N3/c1-2-11(19-6-5-18-9-19)8-14(17)12-7-10(15)3-4-13(12)16/h3-7,9,11,14H,2,8,17H2,1H3. The van der Waals surface area contributed by atoms with Crippen LogP contribution in [0, 0.1) is 0 Å². The molecule has 19 heavy (non-hydrogen) atoms. The molecule has 0 amide bonds. The van der Waals surface area contributed by atoms with Crippen LogP contribution in [0.4, 0.5) is 0 Å². The molecule has 3 nitrogen and oxygen atoms in total. The van der Waals surface area contributed by atoms with Gasteiger partial charge < -0.3 is 10.3 Å². The fourth-order valence-electron chi connectivity index (χ4n) is 2.20. The van der Waals surface area contributed by atoms with Gasteiger partial charge in [0.2, 0.25) is 0 Å². The van der Waals surface area contributed by atoms with Crippen LogP contribution in [0.5, 0.6) is 0 Å². The van der Waals surface area contributed by atoms with Crippen molar-refractivity contribution in [3.8, 4) is 0 Å². The molecule has 0 saturated heterocycles. The van der Waals surface area contributed by atoms with Crippen molar-refractivity contribution >= 4 is 23.2 Å². The van der Waals surface area contributed by atoms with Gasteiger partial charge in [-0.15, -0.1) is 0 Å². The molecule has 0 radical (unpaired) electrons. The van der Waals surface area contributed by atoms with E-state index in [2.05, 4.69) is 16.5 Å². The van der Waals surface area contributed by atoms with E-state index in [1.807, 2.05) is 18.6 Å². The summed E-state index contributed by atoms with van der Waals surface area (Å²) in [6.07, 6.45) is 7.34. The molecule has 2 rings (SSSR count). The molecule has 2 atom stereocenters. The van der Waals surface area contributed by atoms with E-state index in [1.54, 1.807) is 18.3 Å². The summed E-state index contributed by atoms with van der Waals surface area (Å²) in [6, 6.07) is 5.57. The molecule has 1 aromatic carbocycles. The van der Waals surface area contributed by atoms with Gasteiger partial charge in [0.1, 0.15) is 0 Å². The number of hydrogen-bond acceptors (Lipinski definition) is 2. The first-order valence-corrected chi connectivity index (χ1v) is 7.05. The van der Waals surface area contributed by atoms with Gasteiger partial charge in [0, 0.05) is 34.5 Å². The fourth-order valence-corrected chi connectivity index (χ4v) is 2.64. The maximum atomic E-state index is 6.27. The van der Waals surface area contributed by atoms with Crippen LogP contribution in [0.15, 0.2) is 36.9 Å². The molecule has 0 fully saturated rings. The highest BCUT2D eigenvalue weighted by Gasteiger charge is 2.17. The molecule has 0 aliphatic rings. The zero-order valence-corrected chi connectivity index (χ0v) is 12.3. The lowest BCUT2D eigenvalue weighted by Crippen LogP contribution is -2.17. The van der Waals surface area contributed by atoms with E-state index in [-0.39, 0.29) is 6.04 Å². The van der Waals surface area contributed by atoms with Crippen LogP contribution in [-0.4, -0.2) is 9.55 Å². The summed E-state index contributed by atoms with van der Waals surface area (Å²) >= 11 is 12.2. The summed E-state index contributed by atoms with van der Waals surface area (Å²) < 4.78 is 2.08. The first-order valence-electron chi connectivity index (χ1n) is 6.29. The van der Waals surface area contributed by atoms with Gasteiger partial charge in [-0.3, -0.25) is 0 Å². The molecule has 2 aromatic rings. The molecule has 5 heteroatoms. The van der Waals surface area contributed by atoms with Crippen LogP contribution in [0.2, 0.25) is 10.0 Å². The predicted octanol–water partition coefficient (Wildman–Crippen LogP) is 4.23. The molecule has 102 valence electrons. The number of rotatable bonds is 5. The zero-order valence-electron chi connectivity index (χ0n) is 10.8. The van der Waals surface area contributed by atoms with Gasteiger partial charge in [-0.2, -0.15) is 0 Å². The molecule has 2 N–H and O–H groups in total. The normalized spacial score (nSPS) is 14.3. The smallest absolute Gasteiger partial charge is 0.0948 e. The third-order valence-corrected chi connectivity index (χ3v) is 3.88. The molecule has 1 heterocycles.